The lowest BCUT2D eigenvalue weighted by molar-refractivity contribution is 1.57. The fourth-order valence-corrected chi connectivity index (χ4v) is 2.45. The van der Waals surface area contributed by atoms with Crippen LogP contribution in [-0.2, 0) is 0 Å². The summed E-state index contributed by atoms with van der Waals surface area (Å²) in [6.45, 7) is 0. The zero-order valence-electron chi connectivity index (χ0n) is 11.6. The van der Waals surface area contributed by atoms with Gasteiger partial charge in [-0.05, 0) is 47.0 Å². The van der Waals surface area contributed by atoms with Crippen LogP contribution in [0, 0.1) is 0 Å². The van der Waals surface area contributed by atoms with Crippen LogP contribution in [-0.4, -0.2) is 0 Å². The third kappa shape index (κ3) is 2.54. The van der Waals surface area contributed by atoms with Crippen molar-refractivity contribution in [3.8, 4) is 22.3 Å². The first-order chi connectivity index (χ1) is 10.1. The summed E-state index contributed by atoms with van der Waals surface area (Å²) in [4.78, 5) is 0. The van der Waals surface area contributed by atoms with E-state index in [1.807, 2.05) is 60.7 Å². The van der Waals surface area contributed by atoms with Crippen molar-refractivity contribution in [1.82, 2.24) is 0 Å². The molecule has 3 heteroatoms. The highest BCUT2D eigenvalue weighted by Gasteiger charge is 2.10. The molecule has 6 N–H and O–H groups in total. The quantitative estimate of drug-likeness (QED) is 0.623. The van der Waals surface area contributed by atoms with E-state index in [2.05, 4.69) is 6.07 Å². The smallest absolute Gasteiger partial charge is 0.0400 e. The molecule has 0 bridgehead atoms. The summed E-state index contributed by atoms with van der Waals surface area (Å²) in [5.41, 5.74) is 24.2. The van der Waals surface area contributed by atoms with Crippen LogP contribution >= 0.6 is 0 Å². The van der Waals surface area contributed by atoms with E-state index in [9.17, 15) is 0 Å². The molecule has 0 aliphatic rings. The molecular formula is C18H17N3. The van der Waals surface area contributed by atoms with Crippen LogP contribution in [0.25, 0.3) is 22.3 Å². The van der Waals surface area contributed by atoms with Crippen LogP contribution in [0.4, 0.5) is 17.1 Å². The van der Waals surface area contributed by atoms with E-state index in [0.717, 1.165) is 39.3 Å². The lowest BCUT2D eigenvalue weighted by atomic mass is 9.93. The number of rotatable bonds is 2. The van der Waals surface area contributed by atoms with Gasteiger partial charge in [-0.1, -0.05) is 36.4 Å². The van der Waals surface area contributed by atoms with E-state index in [1.165, 1.54) is 0 Å². The van der Waals surface area contributed by atoms with Gasteiger partial charge < -0.3 is 17.2 Å². The minimum atomic E-state index is 0.738. The van der Waals surface area contributed by atoms with Gasteiger partial charge in [-0.15, -0.1) is 0 Å². The summed E-state index contributed by atoms with van der Waals surface area (Å²) < 4.78 is 0. The molecule has 21 heavy (non-hydrogen) atoms. The van der Waals surface area contributed by atoms with E-state index < -0.39 is 0 Å². The van der Waals surface area contributed by atoms with E-state index in [-0.39, 0.29) is 0 Å². The third-order valence-electron chi connectivity index (χ3n) is 3.52. The number of nitrogens with two attached hydrogens (primary N) is 3. The van der Waals surface area contributed by atoms with E-state index in [1.54, 1.807) is 0 Å². The Balaban J connectivity index is 2.20. The Morgan fingerprint density at radius 3 is 1.62 bits per heavy atom. The first-order valence-electron chi connectivity index (χ1n) is 6.75. The van der Waals surface area contributed by atoms with Crippen LogP contribution in [0.1, 0.15) is 0 Å². The van der Waals surface area contributed by atoms with Crippen molar-refractivity contribution in [2.75, 3.05) is 17.2 Å². The lowest BCUT2D eigenvalue weighted by Crippen LogP contribution is -1.94. The molecular weight excluding hydrogens is 258 g/mol. The van der Waals surface area contributed by atoms with E-state index in [0.29, 0.717) is 0 Å². The summed E-state index contributed by atoms with van der Waals surface area (Å²) in [5.74, 6) is 0. The van der Waals surface area contributed by atoms with Gasteiger partial charge in [0.1, 0.15) is 0 Å². The Morgan fingerprint density at radius 2 is 1.05 bits per heavy atom. The molecule has 0 fully saturated rings. The maximum absolute atomic E-state index is 6.20. The van der Waals surface area contributed by atoms with Gasteiger partial charge in [0, 0.05) is 22.6 Å². The second kappa shape index (κ2) is 5.21. The first kappa shape index (κ1) is 13.1. The first-order valence-corrected chi connectivity index (χ1v) is 6.75. The molecule has 0 saturated carbocycles. The summed E-state index contributed by atoms with van der Waals surface area (Å²) in [6.07, 6.45) is 0. The Kier molecular flexibility index (Phi) is 3.24. The Bertz CT molecular complexity index is 759. The van der Waals surface area contributed by atoms with Crippen molar-refractivity contribution < 1.29 is 0 Å². The number of anilines is 3. The summed E-state index contributed by atoms with van der Waals surface area (Å²) in [7, 11) is 0. The standard InChI is InChI=1S/C18H17N3/c19-14-8-4-12(5-9-14)16-2-1-3-17(21)18(16)13-6-10-15(20)11-7-13/h1-11H,19-21H2. The van der Waals surface area contributed by atoms with Gasteiger partial charge in [0.15, 0.2) is 0 Å². The van der Waals surface area contributed by atoms with Gasteiger partial charge in [-0.3, -0.25) is 0 Å². The van der Waals surface area contributed by atoms with Gasteiger partial charge in [0.05, 0.1) is 0 Å². The van der Waals surface area contributed by atoms with Crippen LogP contribution in [0.2, 0.25) is 0 Å². The average molecular weight is 275 g/mol. The van der Waals surface area contributed by atoms with Gasteiger partial charge in [0.2, 0.25) is 0 Å². The van der Waals surface area contributed by atoms with Crippen LogP contribution in [0.3, 0.4) is 0 Å². The summed E-state index contributed by atoms with van der Waals surface area (Å²) >= 11 is 0. The highest BCUT2D eigenvalue weighted by molar-refractivity contribution is 5.91. The van der Waals surface area contributed by atoms with E-state index in [4.69, 9.17) is 17.2 Å². The largest absolute Gasteiger partial charge is 0.399 e. The number of benzene rings is 3. The van der Waals surface area contributed by atoms with Gasteiger partial charge in [0.25, 0.3) is 0 Å². The average Bonchev–Trinajstić information content (AvgIpc) is 2.49. The number of nitrogen functional groups attached to an aromatic ring is 3. The topological polar surface area (TPSA) is 78.1 Å². The second-order valence-corrected chi connectivity index (χ2v) is 5.01. The molecule has 3 aromatic rings. The fraction of sp³-hybridized carbons (Fsp3) is 0. The number of hydrogen-bond donors (Lipinski definition) is 3. The zero-order chi connectivity index (χ0) is 14.8. The fourth-order valence-electron chi connectivity index (χ4n) is 2.45. The van der Waals surface area contributed by atoms with Crippen LogP contribution in [0.15, 0.2) is 66.7 Å². The minimum Gasteiger partial charge on any atom is -0.399 e. The lowest BCUT2D eigenvalue weighted by Gasteiger charge is -2.13. The van der Waals surface area contributed by atoms with Crippen molar-refractivity contribution >= 4 is 17.1 Å². The second-order valence-electron chi connectivity index (χ2n) is 5.01. The van der Waals surface area contributed by atoms with Crippen molar-refractivity contribution in [3.05, 3.63) is 66.7 Å². The molecule has 3 nitrogen and oxygen atoms in total. The van der Waals surface area contributed by atoms with Crippen LogP contribution < -0.4 is 17.2 Å². The highest BCUT2D eigenvalue weighted by Crippen LogP contribution is 2.36. The molecule has 0 unspecified atom stereocenters. The molecule has 0 aliphatic carbocycles. The van der Waals surface area contributed by atoms with E-state index >= 15 is 0 Å². The van der Waals surface area contributed by atoms with Gasteiger partial charge in [-0.2, -0.15) is 0 Å². The number of hydrogen-bond acceptors (Lipinski definition) is 3. The third-order valence-corrected chi connectivity index (χ3v) is 3.52. The SMILES string of the molecule is Nc1ccc(-c2cccc(N)c2-c2ccc(N)cc2)cc1. The molecule has 0 saturated heterocycles. The van der Waals surface area contributed by atoms with Crippen molar-refractivity contribution in [1.29, 1.82) is 0 Å². The molecule has 3 rings (SSSR count). The van der Waals surface area contributed by atoms with Crippen molar-refractivity contribution in [3.63, 3.8) is 0 Å². The predicted molar refractivity (Wildman–Crippen MR) is 90.6 cm³/mol. The summed E-state index contributed by atoms with van der Waals surface area (Å²) in [5, 5.41) is 0. The zero-order valence-corrected chi connectivity index (χ0v) is 11.6. The molecule has 0 aromatic heterocycles. The molecule has 0 radical (unpaired) electrons. The minimum absolute atomic E-state index is 0.738. The highest BCUT2D eigenvalue weighted by atomic mass is 14.6. The van der Waals surface area contributed by atoms with Crippen molar-refractivity contribution in [2.45, 2.75) is 0 Å². The Morgan fingerprint density at radius 1 is 0.524 bits per heavy atom. The van der Waals surface area contributed by atoms with Crippen molar-refractivity contribution in [2.24, 2.45) is 0 Å². The Hall–Kier alpha value is -2.94. The monoisotopic (exact) mass is 275 g/mol. The normalized spacial score (nSPS) is 10.5. The molecule has 0 atom stereocenters. The van der Waals surface area contributed by atoms with Gasteiger partial charge in [-0.25, -0.2) is 0 Å². The molecule has 0 heterocycles. The van der Waals surface area contributed by atoms with Crippen LogP contribution in [0.5, 0.6) is 0 Å². The Labute approximate surface area is 124 Å². The molecule has 104 valence electrons. The maximum Gasteiger partial charge on any atom is 0.0400 e. The molecule has 0 aliphatic heterocycles. The molecule has 0 spiro atoms. The molecule has 0 amide bonds. The van der Waals surface area contributed by atoms with Gasteiger partial charge >= 0.3 is 0 Å². The predicted octanol–water partition coefficient (Wildman–Crippen LogP) is 3.77. The molecule has 3 aromatic carbocycles. The maximum atomic E-state index is 6.20. The summed E-state index contributed by atoms with van der Waals surface area (Å²) in [6, 6.07) is 21.5.